The lowest BCUT2D eigenvalue weighted by atomic mass is 10.0. The first-order chi connectivity index (χ1) is 19.6. The van der Waals surface area contributed by atoms with Crippen molar-refractivity contribution >= 4 is 39.7 Å². The molecule has 2 atom stereocenters. The van der Waals surface area contributed by atoms with Crippen LogP contribution in [0.1, 0.15) is 29.9 Å². The van der Waals surface area contributed by atoms with Gasteiger partial charge in [-0.3, -0.25) is 9.78 Å². The van der Waals surface area contributed by atoms with E-state index in [1.807, 2.05) is 54.6 Å². The van der Waals surface area contributed by atoms with Gasteiger partial charge in [0.15, 0.2) is 5.11 Å². The highest BCUT2D eigenvalue weighted by atomic mass is 32.1. The van der Waals surface area contributed by atoms with Crippen LogP contribution >= 0.6 is 12.2 Å². The summed E-state index contributed by atoms with van der Waals surface area (Å²) in [6.45, 7) is 0.434. The van der Waals surface area contributed by atoms with E-state index in [2.05, 4.69) is 73.7 Å². The summed E-state index contributed by atoms with van der Waals surface area (Å²) in [6.07, 6.45) is 4.12. The topological polar surface area (TPSA) is 71.4 Å². The van der Waals surface area contributed by atoms with Crippen LogP contribution in [0.25, 0.3) is 16.5 Å². The summed E-state index contributed by atoms with van der Waals surface area (Å²) in [7, 11) is 1.59. The molecule has 0 bridgehead atoms. The highest BCUT2D eigenvalue weighted by Gasteiger charge is 2.41. The largest absolute Gasteiger partial charge is 0.495 e. The van der Waals surface area contributed by atoms with E-state index in [0.29, 0.717) is 23.1 Å². The molecule has 3 heterocycles. The number of pyridine rings is 1. The van der Waals surface area contributed by atoms with Crippen LogP contribution in [0, 0.1) is 0 Å². The third-order valence-electron chi connectivity index (χ3n) is 7.25. The fourth-order valence-electron chi connectivity index (χ4n) is 5.35. The van der Waals surface area contributed by atoms with Crippen LogP contribution in [0.5, 0.6) is 5.75 Å². The summed E-state index contributed by atoms with van der Waals surface area (Å²) < 4.78 is 7.59. The van der Waals surface area contributed by atoms with Crippen molar-refractivity contribution < 1.29 is 9.53 Å². The second-order valence-corrected chi connectivity index (χ2v) is 10.0. The second kappa shape index (κ2) is 11.2. The average Bonchev–Trinajstić information content (AvgIpc) is 3.60. The first-order valence-corrected chi connectivity index (χ1v) is 13.6. The number of carbonyl (C=O) groups excluding carboxylic acids is 1. The quantitative estimate of drug-likeness (QED) is 0.231. The van der Waals surface area contributed by atoms with Gasteiger partial charge < -0.3 is 24.8 Å². The number of carbonyl (C=O) groups is 1. The number of hydrogen-bond donors (Lipinski definition) is 2. The van der Waals surface area contributed by atoms with Gasteiger partial charge in [-0.1, -0.05) is 48.5 Å². The van der Waals surface area contributed by atoms with E-state index in [-0.39, 0.29) is 24.4 Å². The van der Waals surface area contributed by atoms with Crippen LogP contribution in [-0.2, 0) is 4.79 Å². The van der Waals surface area contributed by atoms with E-state index in [4.69, 9.17) is 17.0 Å². The molecule has 1 aliphatic heterocycles. The zero-order valence-electron chi connectivity index (χ0n) is 22.0. The summed E-state index contributed by atoms with van der Waals surface area (Å²) >= 11 is 5.84. The lowest BCUT2D eigenvalue weighted by molar-refractivity contribution is -0.116. The molecule has 8 heteroatoms. The molecule has 6 rings (SSSR count). The lowest BCUT2D eigenvalue weighted by Gasteiger charge is -2.29. The summed E-state index contributed by atoms with van der Waals surface area (Å²) in [4.78, 5) is 19.8. The van der Waals surface area contributed by atoms with Crippen molar-refractivity contribution in [3.8, 4) is 11.4 Å². The first kappa shape index (κ1) is 25.6. The number of amides is 1. The Labute approximate surface area is 238 Å². The van der Waals surface area contributed by atoms with Crippen molar-refractivity contribution in [3.05, 3.63) is 121 Å². The van der Waals surface area contributed by atoms with E-state index in [9.17, 15) is 4.79 Å². The fourth-order valence-corrected chi connectivity index (χ4v) is 5.68. The van der Waals surface area contributed by atoms with Gasteiger partial charge in [0.2, 0.25) is 5.91 Å². The Morgan fingerprint density at radius 1 is 0.975 bits per heavy atom. The van der Waals surface area contributed by atoms with E-state index < -0.39 is 0 Å². The number of nitrogens with one attached hydrogen (secondary N) is 2. The smallest absolute Gasteiger partial charge is 0.226 e. The third-order valence-corrected chi connectivity index (χ3v) is 7.61. The minimum absolute atomic E-state index is 0.114. The van der Waals surface area contributed by atoms with Crippen molar-refractivity contribution in [2.75, 3.05) is 19.0 Å². The summed E-state index contributed by atoms with van der Waals surface area (Å²) in [5.74, 6) is 0.507. The van der Waals surface area contributed by atoms with Gasteiger partial charge in [0.05, 0.1) is 30.6 Å². The van der Waals surface area contributed by atoms with Gasteiger partial charge in [-0.25, -0.2) is 0 Å². The zero-order valence-corrected chi connectivity index (χ0v) is 22.8. The summed E-state index contributed by atoms with van der Waals surface area (Å²) in [5.41, 5.74) is 3.65. The minimum atomic E-state index is -0.180. The Balaban J connectivity index is 1.32. The van der Waals surface area contributed by atoms with Gasteiger partial charge in [0.25, 0.3) is 0 Å². The van der Waals surface area contributed by atoms with Gasteiger partial charge in [-0.15, -0.1) is 0 Å². The number of fused-ring (bicyclic) bond motifs is 1. The minimum Gasteiger partial charge on any atom is -0.495 e. The molecule has 2 N–H and O–H groups in total. The number of thiocarbonyl (C=S) groups is 1. The fraction of sp³-hybridized carbons (Fsp3) is 0.156. The molecule has 0 aliphatic carbocycles. The predicted molar refractivity (Wildman–Crippen MR) is 162 cm³/mol. The van der Waals surface area contributed by atoms with Crippen LogP contribution in [0.2, 0.25) is 0 Å². The molecule has 1 amide bonds. The van der Waals surface area contributed by atoms with Crippen LogP contribution < -0.4 is 15.4 Å². The maximum Gasteiger partial charge on any atom is 0.226 e. The molecule has 0 radical (unpaired) electrons. The molecule has 40 heavy (non-hydrogen) atoms. The van der Waals surface area contributed by atoms with Gasteiger partial charge in [-0.05, 0) is 71.5 Å². The third kappa shape index (κ3) is 5.01. The number of benzene rings is 3. The van der Waals surface area contributed by atoms with E-state index in [1.54, 1.807) is 13.3 Å². The molecule has 1 aliphatic rings. The van der Waals surface area contributed by atoms with E-state index >= 15 is 0 Å². The Morgan fingerprint density at radius 3 is 2.60 bits per heavy atom. The molecule has 3 aromatic carbocycles. The summed E-state index contributed by atoms with van der Waals surface area (Å²) in [6, 6.07) is 31.9. The number of aromatic nitrogens is 2. The van der Waals surface area contributed by atoms with Crippen molar-refractivity contribution in [2.24, 2.45) is 0 Å². The molecular weight excluding hydrogens is 518 g/mol. The number of para-hydroxylation sites is 2. The molecule has 0 saturated carbocycles. The molecule has 0 spiro atoms. The second-order valence-electron chi connectivity index (χ2n) is 9.65. The maximum atomic E-state index is 13.0. The summed E-state index contributed by atoms with van der Waals surface area (Å²) in [5, 5.41) is 9.42. The van der Waals surface area contributed by atoms with Crippen LogP contribution in [-0.4, -0.2) is 39.1 Å². The van der Waals surface area contributed by atoms with E-state index in [0.717, 1.165) is 17.1 Å². The van der Waals surface area contributed by atoms with Crippen LogP contribution in [0.4, 0.5) is 5.69 Å². The first-order valence-electron chi connectivity index (χ1n) is 13.2. The number of rotatable bonds is 8. The van der Waals surface area contributed by atoms with Crippen molar-refractivity contribution in [3.63, 3.8) is 0 Å². The van der Waals surface area contributed by atoms with Gasteiger partial charge in [0, 0.05) is 36.7 Å². The van der Waals surface area contributed by atoms with Gasteiger partial charge in [0.1, 0.15) is 5.75 Å². The predicted octanol–water partition coefficient (Wildman–Crippen LogP) is 6.04. The van der Waals surface area contributed by atoms with Crippen molar-refractivity contribution in [1.29, 1.82) is 0 Å². The maximum absolute atomic E-state index is 13.0. The molecule has 0 unspecified atom stereocenters. The van der Waals surface area contributed by atoms with E-state index in [1.165, 1.54) is 10.8 Å². The molecule has 1 saturated heterocycles. The number of anilines is 1. The zero-order chi connectivity index (χ0) is 27.5. The van der Waals surface area contributed by atoms with Crippen molar-refractivity contribution in [1.82, 2.24) is 19.8 Å². The molecule has 200 valence electrons. The number of ether oxygens (including phenoxy) is 1. The Morgan fingerprint density at radius 2 is 1.77 bits per heavy atom. The normalized spacial score (nSPS) is 16.6. The van der Waals surface area contributed by atoms with Crippen LogP contribution in [0.3, 0.4) is 0 Å². The molecule has 5 aromatic rings. The molecule has 7 nitrogen and oxygen atoms in total. The monoisotopic (exact) mass is 547 g/mol. The highest BCUT2D eigenvalue weighted by Crippen LogP contribution is 2.40. The number of hydrogen-bond acceptors (Lipinski definition) is 4. The number of nitrogens with zero attached hydrogens (tertiary/aromatic N) is 3. The van der Waals surface area contributed by atoms with Crippen molar-refractivity contribution in [2.45, 2.75) is 18.5 Å². The Kier molecular flexibility index (Phi) is 7.16. The lowest BCUT2D eigenvalue weighted by Crippen LogP contribution is -2.33. The SMILES string of the molecule is COc1ccccc1NC(=O)CCN1C(=S)N[C@@H](c2ccccn2)[C@@H]1c1cccn1-c1ccc2ccccc2c1. The number of methoxy groups -OCH3 is 1. The average molecular weight is 548 g/mol. The molecule has 2 aromatic heterocycles. The molecule has 1 fully saturated rings. The van der Waals surface area contributed by atoms with Crippen LogP contribution in [0.15, 0.2) is 109 Å². The molecular formula is C32H29N5O2S. The Bertz CT molecular complexity index is 1670. The van der Waals surface area contributed by atoms with Gasteiger partial charge >= 0.3 is 0 Å². The van der Waals surface area contributed by atoms with Gasteiger partial charge in [-0.2, -0.15) is 0 Å². The standard InChI is InChI=1S/C32H29N5O2S/c1-39-28-14-5-4-11-25(28)34-29(38)17-20-37-31(30(35-32(37)40)26-12-6-7-18-33-26)27-13-8-19-36(27)24-16-15-22-9-2-3-10-23(22)21-24/h2-16,18-19,21,30-31H,17,20H2,1H3,(H,34,38)(H,35,40)/t30-,31-/m0/s1. The Hall–Kier alpha value is -4.69. The highest BCUT2D eigenvalue weighted by molar-refractivity contribution is 7.80.